The van der Waals surface area contributed by atoms with E-state index < -0.39 is 11.7 Å². The van der Waals surface area contributed by atoms with Crippen molar-refractivity contribution < 1.29 is 18.0 Å². The second-order valence-corrected chi connectivity index (χ2v) is 8.63. The van der Waals surface area contributed by atoms with Gasteiger partial charge in [0, 0.05) is 56.9 Å². The SMILES string of the molecule is O=C(C1CCCC1)N1CCC[C@@H](N2CCN(c3cccc(C(F)(F)F)c3)CC2)C1. The smallest absolute Gasteiger partial charge is 0.369 e. The molecule has 1 aliphatic carbocycles. The summed E-state index contributed by atoms with van der Waals surface area (Å²) in [5.41, 5.74) is 0.0481. The minimum atomic E-state index is -4.31. The maximum absolute atomic E-state index is 13.0. The van der Waals surface area contributed by atoms with E-state index in [1.54, 1.807) is 6.07 Å². The van der Waals surface area contributed by atoms with E-state index in [4.69, 9.17) is 0 Å². The molecule has 2 saturated heterocycles. The monoisotopic (exact) mass is 409 g/mol. The molecule has 2 aliphatic heterocycles. The topological polar surface area (TPSA) is 26.8 Å². The summed E-state index contributed by atoms with van der Waals surface area (Å²) in [5.74, 6) is 0.571. The fraction of sp³-hybridized carbons (Fsp3) is 0.682. The molecule has 1 saturated carbocycles. The number of carbonyl (C=O) groups is 1. The molecule has 4 rings (SSSR count). The van der Waals surface area contributed by atoms with Crippen LogP contribution >= 0.6 is 0 Å². The number of hydrogen-bond donors (Lipinski definition) is 0. The number of rotatable bonds is 3. The van der Waals surface area contributed by atoms with Crippen LogP contribution in [0.3, 0.4) is 0 Å². The molecule has 1 aromatic rings. The van der Waals surface area contributed by atoms with Crippen LogP contribution in [0.25, 0.3) is 0 Å². The van der Waals surface area contributed by atoms with E-state index in [-0.39, 0.29) is 5.92 Å². The van der Waals surface area contributed by atoms with Crippen LogP contribution in [0.1, 0.15) is 44.1 Å². The molecule has 160 valence electrons. The van der Waals surface area contributed by atoms with Gasteiger partial charge >= 0.3 is 6.18 Å². The Morgan fingerprint density at radius 1 is 0.931 bits per heavy atom. The summed E-state index contributed by atoms with van der Waals surface area (Å²) in [5, 5.41) is 0. The quantitative estimate of drug-likeness (QED) is 0.755. The van der Waals surface area contributed by atoms with Crippen molar-refractivity contribution in [2.24, 2.45) is 5.92 Å². The molecule has 0 radical (unpaired) electrons. The number of nitrogens with zero attached hydrogens (tertiary/aromatic N) is 3. The largest absolute Gasteiger partial charge is 0.416 e. The lowest BCUT2D eigenvalue weighted by Gasteiger charge is -2.44. The Labute approximate surface area is 170 Å². The van der Waals surface area contributed by atoms with Gasteiger partial charge in [0.05, 0.1) is 5.56 Å². The minimum Gasteiger partial charge on any atom is -0.369 e. The summed E-state index contributed by atoms with van der Waals surface area (Å²) in [6.45, 7) is 4.76. The van der Waals surface area contributed by atoms with Crippen LogP contribution < -0.4 is 4.90 Å². The van der Waals surface area contributed by atoms with E-state index in [1.807, 2.05) is 4.90 Å². The van der Waals surface area contributed by atoms with Crippen molar-refractivity contribution in [1.29, 1.82) is 0 Å². The highest BCUT2D eigenvalue weighted by Crippen LogP contribution is 2.32. The van der Waals surface area contributed by atoms with Gasteiger partial charge in [-0.15, -0.1) is 0 Å². The second kappa shape index (κ2) is 8.54. The summed E-state index contributed by atoms with van der Waals surface area (Å²) < 4.78 is 39.0. The van der Waals surface area contributed by atoms with Crippen molar-refractivity contribution in [3.8, 4) is 0 Å². The van der Waals surface area contributed by atoms with Crippen molar-refractivity contribution in [2.45, 2.75) is 50.7 Å². The van der Waals surface area contributed by atoms with Crippen LogP contribution in [0, 0.1) is 5.92 Å². The molecule has 1 amide bonds. The van der Waals surface area contributed by atoms with Gasteiger partial charge in [0.25, 0.3) is 0 Å². The van der Waals surface area contributed by atoms with Crippen molar-refractivity contribution >= 4 is 11.6 Å². The van der Waals surface area contributed by atoms with Crippen molar-refractivity contribution in [3.05, 3.63) is 29.8 Å². The third-order valence-corrected chi connectivity index (χ3v) is 6.78. The lowest BCUT2D eigenvalue weighted by atomic mass is 9.99. The fourth-order valence-electron chi connectivity index (χ4n) is 5.11. The summed E-state index contributed by atoms with van der Waals surface area (Å²) >= 11 is 0. The zero-order valence-electron chi connectivity index (χ0n) is 16.8. The average Bonchev–Trinajstić information content (AvgIpc) is 3.28. The van der Waals surface area contributed by atoms with Gasteiger partial charge in [-0.05, 0) is 43.9 Å². The molecule has 0 spiro atoms. The van der Waals surface area contributed by atoms with Gasteiger partial charge in [0.2, 0.25) is 5.91 Å². The van der Waals surface area contributed by atoms with Crippen LogP contribution in [0.2, 0.25) is 0 Å². The first-order valence-electron chi connectivity index (χ1n) is 10.9. The van der Waals surface area contributed by atoms with Gasteiger partial charge in [0.1, 0.15) is 0 Å². The number of likely N-dealkylation sites (tertiary alicyclic amines) is 1. The van der Waals surface area contributed by atoms with E-state index in [0.29, 0.717) is 30.7 Å². The van der Waals surface area contributed by atoms with Gasteiger partial charge in [-0.3, -0.25) is 9.69 Å². The Bertz CT molecular complexity index is 709. The number of piperazine rings is 1. The fourth-order valence-corrected chi connectivity index (χ4v) is 5.11. The van der Waals surface area contributed by atoms with E-state index in [2.05, 4.69) is 9.80 Å². The van der Waals surface area contributed by atoms with E-state index in [0.717, 1.165) is 57.9 Å². The Morgan fingerprint density at radius 2 is 1.66 bits per heavy atom. The van der Waals surface area contributed by atoms with Crippen LogP contribution in [0.15, 0.2) is 24.3 Å². The van der Waals surface area contributed by atoms with Crippen molar-refractivity contribution in [1.82, 2.24) is 9.80 Å². The lowest BCUT2D eigenvalue weighted by molar-refractivity contribution is -0.138. The molecule has 4 nitrogen and oxygen atoms in total. The van der Waals surface area contributed by atoms with Crippen LogP contribution in [-0.2, 0) is 11.0 Å². The molecule has 0 unspecified atom stereocenters. The summed E-state index contributed by atoms with van der Waals surface area (Å²) in [7, 11) is 0. The lowest BCUT2D eigenvalue weighted by Crippen LogP contribution is -2.56. The number of benzene rings is 1. The molecule has 1 aromatic carbocycles. The van der Waals surface area contributed by atoms with Gasteiger partial charge in [-0.25, -0.2) is 0 Å². The Kier molecular flexibility index (Phi) is 6.04. The minimum absolute atomic E-state index is 0.228. The normalized spacial score (nSPS) is 24.9. The Balaban J connectivity index is 1.33. The number of halogens is 3. The Hall–Kier alpha value is -1.76. The number of piperidine rings is 1. The first-order valence-corrected chi connectivity index (χ1v) is 10.9. The third kappa shape index (κ3) is 4.71. The van der Waals surface area contributed by atoms with Crippen LogP contribution in [0.4, 0.5) is 18.9 Å². The van der Waals surface area contributed by atoms with Crippen LogP contribution in [-0.4, -0.2) is 61.0 Å². The average molecular weight is 409 g/mol. The van der Waals surface area contributed by atoms with Gasteiger partial charge in [-0.1, -0.05) is 18.9 Å². The molecule has 0 bridgehead atoms. The molecule has 3 fully saturated rings. The summed E-state index contributed by atoms with van der Waals surface area (Å²) in [4.78, 5) is 19.3. The molecule has 0 aromatic heterocycles. The maximum Gasteiger partial charge on any atom is 0.416 e. The van der Waals surface area contributed by atoms with E-state index >= 15 is 0 Å². The molecule has 29 heavy (non-hydrogen) atoms. The summed E-state index contributed by atoms with van der Waals surface area (Å²) in [6, 6.07) is 5.99. The predicted octanol–water partition coefficient (Wildman–Crippen LogP) is 4.01. The Morgan fingerprint density at radius 3 is 2.34 bits per heavy atom. The van der Waals surface area contributed by atoms with Crippen molar-refractivity contribution in [3.63, 3.8) is 0 Å². The second-order valence-electron chi connectivity index (χ2n) is 8.63. The van der Waals surface area contributed by atoms with Gasteiger partial charge in [-0.2, -0.15) is 13.2 Å². The zero-order chi connectivity index (χ0) is 20.4. The predicted molar refractivity (Wildman–Crippen MR) is 107 cm³/mol. The highest BCUT2D eigenvalue weighted by atomic mass is 19.4. The number of carbonyl (C=O) groups excluding carboxylic acids is 1. The standard InChI is InChI=1S/C22H30F3N3O/c23-22(24,25)18-7-3-8-19(15-18)26-11-13-27(14-12-26)20-9-4-10-28(16-20)21(29)17-5-1-2-6-17/h3,7-8,15,17,20H,1-2,4-6,9-14,16H2/t20-/m1/s1. The number of amides is 1. The summed E-state index contributed by atoms with van der Waals surface area (Å²) in [6.07, 6.45) is 2.24. The zero-order valence-corrected chi connectivity index (χ0v) is 16.8. The molecular weight excluding hydrogens is 379 g/mol. The van der Waals surface area contributed by atoms with E-state index in [9.17, 15) is 18.0 Å². The molecule has 1 atom stereocenters. The van der Waals surface area contributed by atoms with Gasteiger partial charge in [0.15, 0.2) is 0 Å². The highest BCUT2D eigenvalue weighted by Gasteiger charge is 2.34. The van der Waals surface area contributed by atoms with Crippen molar-refractivity contribution in [2.75, 3.05) is 44.2 Å². The molecule has 2 heterocycles. The third-order valence-electron chi connectivity index (χ3n) is 6.78. The van der Waals surface area contributed by atoms with E-state index in [1.165, 1.54) is 25.0 Å². The molecular formula is C22H30F3N3O. The molecule has 7 heteroatoms. The number of anilines is 1. The molecule has 3 aliphatic rings. The first-order chi connectivity index (χ1) is 13.9. The molecule has 0 N–H and O–H groups in total. The van der Waals surface area contributed by atoms with Gasteiger partial charge < -0.3 is 9.80 Å². The maximum atomic E-state index is 13.0. The first kappa shape index (κ1) is 20.5. The number of alkyl halides is 3. The number of hydrogen-bond acceptors (Lipinski definition) is 3. The van der Waals surface area contributed by atoms with Crippen LogP contribution in [0.5, 0.6) is 0 Å². The highest BCUT2D eigenvalue weighted by molar-refractivity contribution is 5.79.